The third-order valence-corrected chi connectivity index (χ3v) is 7.88. The summed E-state index contributed by atoms with van der Waals surface area (Å²) in [7, 11) is 1.57. The molecule has 2 atom stereocenters. The molecule has 1 aliphatic carbocycles. The summed E-state index contributed by atoms with van der Waals surface area (Å²) in [5, 5.41) is 0. The number of aromatic nitrogens is 3. The highest BCUT2D eigenvalue weighted by atomic mass is 32.2. The first kappa shape index (κ1) is 22.9. The van der Waals surface area contributed by atoms with Crippen LogP contribution in [0.1, 0.15) is 38.3 Å². The molecule has 1 spiro atoms. The van der Waals surface area contributed by atoms with Crippen molar-refractivity contribution in [1.29, 1.82) is 0 Å². The second-order valence-corrected chi connectivity index (χ2v) is 9.99. The number of nitrogens with two attached hydrogens (primary N) is 2. The first-order valence-electron chi connectivity index (χ1n) is 10.6. The number of halogens is 3. The van der Waals surface area contributed by atoms with Crippen LogP contribution in [0.2, 0.25) is 0 Å². The van der Waals surface area contributed by atoms with Crippen molar-refractivity contribution in [2.24, 2.45) is 24.1 Å². The lowest BCUT2D eigenvalue weighted by Gasteiger charge is -2.42. The van der Waals surface area contributed by atoms with E-state index in [0.717, 1.165) is 31.9 Å². The molecule has 2 fully saturated rings. The number of rotatable bonds is 3. The predicted molar refractivity (Wildman–Crippen MR) is 118 cm³/mol. The Morgan fingerprint density at radius 1 is 1.28 bits per heavy atom. The second kappa shape index (κ2) is 8.26. The van der Waals surface area contributed by atoms with E-state index in [-0.39, 0.29) is 27.1 Å². The standard InChI is InChI=1S/C21H27F3N6OS/c1-12-10-14(25)20(11-12)5-8-30(9-6-20)19-28-17(26)15(18(31)29(19)2)32-13-4-3-7-27-16(13)21(22,23)24/h3-4,7,12,14H,5-6,8-11,25-26H2,1-2H3/t12-,14-/m1/s1. The van der Waals surface area contributed by atoms with E-state index < -0.39 is 17.4 Å². The molecule has 32 heavy (non-hydrogen) atoms. The molecule has 0 aromatic carbocycles. The van der Waals surface area contributed by atoms with Gasteiger partial charge < -0.3 is 16.4 Å². The maximum atomic E-state index is 13.3. The van der Waals surface area contributed by atoms with Crippen LogP contribution in [-0.2, 0) is 13.2 Å². The number of pyridine rings is 1. The van der Waals surface area contributed by atoms with Crippen molar-refractivity contribution in [3.05, 3.63) is 34.4 Å². The van der Waals surface area contributed by atoms with Gasteiger partial charge in [0.1, 0.15) is 10.7 Å². The van der Waals surface area contributed by atoms with Crippen molar-refractivity contribution in [2.75, 3.05) is 23.7 Å². The van der Waals surface area contributed by atoms with Crippen LogP contribution in [0.5, 0.6) is 0 Å². The summed E-state index contributed by atoms with van der Waals surface area (Å²) in [5.41, 5.74) is 11.1. The van der Waals surface area contributed by atoms with Gasteiger partial charge >= 0.3 is 6.18 Å². The molecule has 11 heteroatoms. The fourth-order valence-corrected chi connectivity index (χ4v) is 6.11. The highest BCUT2D eigenvalue weighted by Gasteiger charge is 2.46. The molecular weight excluding hydrogens is 441 g/mol. The van der Waals surface area contributed by atoms with E-state index in [4.69, 9.17) is 11.5 Å². The first-order chi connectivity index (χ1) is 15.0. The van der Waals surface area contributed by atoms with Gasteiger partial charge in [0.25, 0.3) is 5.56 Å². The van der Waals surface area contributed by atoms with Gasteiger partial charge in [-0.2, -0.15) is 18.2 Å². The van der Waals surface area contributed by atoms with Gasteiger partial charge in [0.2, 0.25) is 5.95 Å². The zero-order chi connectivity index (χ0) is 23.3. The lowest BCUT2D eigenvalue weighted by Crippen LogP contribution is -2.48. The Morgan fingerprint density at radius 2 is 1.97 bits per heavy atom. The van der Waals surface area contributed by atoms with Gasteiger partial charge in [0, 0.05) is 37.3 Å². The molecule has 7 nitrogen and oxygen atoms in total. The summed E-state index contributed by atoms with van der Waals surface area (Å²) in [6, 6.07) is 2.84. The van der Waals surface area contributed by atoms with Crippen molar-refractivity contribution in [3.8, 4) is 0 Å². The average molecular weight is 469 g/mol. The zero-order valence-electron chi connectivity index (χ0n) is 18.0. The number of alkyl halides is 3. The second-order valence-electron chi connectivity index (χ2n) is 8.94. The van der Waals surface area contributed by atoms with Crippen LogP contribution in [0.25, 0.3) is 0 Å². The number of anilines is 2. The number of hydrogen-bond acceptors (Lipinski definition) is 7. The van der Waals surface area contributed by atoms with E-state index in [1.54, 1.807) is 7.05 Å². The summed E-state index contributed by atoms with van der Waals surface area (Å²) >= 11 is 0.641. The SMILES string of the molecule is C[C@@H]1C[C@@H](N)C2(CCN(c3nc(N)c(Sc4cccnc4C(F)(F)F)c(=O)n3C)CC2)C1. The highest BCUT2D eigenvalue weighted by Crippen LogP contribution is 2.48. The Balaban J connectivity index is 1.59. The zero-order valence-corrected chi connectivity index (χ0v) is 18.8. The molecule has 4 N–H and O–H groups in total. The minimum absolute atomic E-state index is 0.0464. The summed E-state index contributed by atoms with van der Waals surface area (Å²) in [5.74, 6) is 0.949. The molecule has 2 aromatic rings. The van der Waals surface area contributed by atoms with E-state index in [0.29, 0.717) is 36.7 Å². The van der Waals surface area contributed by atoms with Crippen molar-refractivity contribution in [1.82, 2.24) is 14.5 Å². The van der Waals surface area contributed by atoms with Crippen molar-refractivity contribution < 1.29 is 13.2 Å². The van der Waals surface area contributed by atoms with Crippen LogP contribution in [0, 0.1) is 11.3 Å². The van der Waals surface area contributed by atoms with Gasteiger partial charge in [-0.15, -0.1) is 0 Å². The average Bonchev–Trinajstić information content (AvgIpc) is 3.01. The molecule has 0 unspecified atom stereocenters. The summed E-state index contributed by atoms with van der Waals surface area (Å²) in [6.45, 7) is 3.64. The third-order valence-electron chi connectivity index (χ3n) is 6.74. The highest BCUT2D eigenvalue weighted by molar-refractivity contribution is 7.99. The monoisotopic (exact) mass is 468 g/mol. The summed E-state index contributed by atoms with van der Waals surface area (Å²) in [6.07, 6.45) is 0.391. The minimum Gasteiger partial charge on any atom is -0.382 e. The van der Waals surface area contributed by atoms with Crippen LogP contribution in [0.4, 0.5) is 24.9 Å². The molecule has 0 radical (unpaired) electrons. The molecule has 0 amide bonds. The molecular formula is C21H27F3N6OS. The smallest absolute Gasteiger partial charge is 0.382 e. The van der Waals surface area contributed by atoms with Gasteiger partial charge in [-0.25, -0.2) is 0 Å². The summed E-state index contributed by atoms with van der Waals surface area (Å²) < 4.78 is 41.2. The Hall–Kier alpha value is -2.27. The Labute approximate surface area is 188 Å². The maximum Gasteiger partial charge on any atom is 0.434 e. The van der Waals surface area contributed by atoms with Crippen LogP contribution >= 0.6 is 11.8 Å². The van der Waals surface area contributed by atoms with Gasteiger partial charge in [-0.1, -0.05) is 18.7 Å². The van der Waals surface area contributed by atoms with Crippen LogP contribution in [0.3, 0.4) is 0 Å². The number of piperidine rings is 1. The van der Waals surface area contributed by atoms with Crippen LogP contribution < -0.4 is 21.9 Å². The van der Waals surface area contributed by atoms with E-state index in [1.165, 1.54) is 16.7 Å². The van der Waals surface area contributed by atoms with E-state index in [1.807, 2.05) is 4.90 Å². The minimum atomic E-state index is -4.64. The summed E-state index contributed by atoms with van der Waals surface area (Å²) in [4.78, 5) is 22.6. The van der Waals surface area contributed by atoms with Gasteiger partial charge in [0.05, 0.1) is 0 Å². The molecule has 1 saturated heterocycles. The molecule has 1 saturated carbocycles. The fourth-order valence-electron chi connectivity index (χ4n) is 5.10. The van der Waals surface area contributed by atoms with E-state index in [9.17, 15) is 18.0 Å². The molecule has 3 heterocycles. The Kier molecular flexibility index (Phi) is 5.91. The molecule has 0 bridgehead atoms. The number of nitrogens with zero attached hydrogens (tertiary/aromatic N) is 4. The van der Waals surface area contributed by atoms with Gasteiger partial charge in [0.15, 0.2) is 5.69 Å². The van der Waals surface area contributed by atoms with E-state index in [2.05, 4.69) is 16.9 Å². The molecule has 2 aliphatic rings. The van der Waals surface area contributed by atoms with Crippen molar-refractivity contribution in [2.45, 2.75) is 54.6 Å². The van der Waals surface area contributed by atoms with Crippen molar-refractivity contribution in [3.63, 3.8) is 0 Å². The predicted octanol–water partition coefficient (Wildman–Crippen LogP) is 3.27. The number of nitrogen functional groups attached to an aromatic ring is 1. The normalized spacial score (nSPS) is 23.1. The van der Waals surface area contributed by atoms with Gasteiger partial charge in [-0.05, 0) is 49.1 Å². The molecule has 4 rings (SSSR count). The van der Waals surface area contributed by atoms with Crippen LogP contribution in [0.15, 0.2) is 32.9 Å². The van der Waals surface area contributed by atoms with Crippen molar-refractivity contribution >= 4 is 23.5 Å². The topological polar surface area (TPSA) is 103 Å². The largest absolute Gasteiger partial charge is 0.434 e. The number of hydrogen-bond donors (Lipinski definition) is 2. The first-order valence-corrected chi connectivity index (χ1v) is 11.4. The lowest BCUT2D eigenvalue weighted by atomic mass is 9.74. The molecule has 2 aromatic heterocycles. The van der Waals surface area contributed by atoms with Crippen LogP contribution in [-0.4, -0.2) is 33.7 Å². The fraction of sp³-hybridized carbons (Fsp3) is 0.571. The van der Waals surface area contributed by atoms with Gasteiger partial charge in [-0.3, -0.25) is 14.3 Å². The lowest BCUT2D eigenvalue weighted by molar-refractivity contribution is -0.143. The molecule has 1 aliphatic heterocycles. The third kappa shape index (κ3) is 4.07. The quantitative estimate of drug-likeness (QED) is 0.713. The van der Waals surface area contributed by atoms with E-state index >= 15 is 0 Å². The Bertz CT molecular complexity index is 1060. The molecule has 174 valence electrons. The Morgan fingerprint density at radius 3 is 2.56 bits per heavy atom. The maximum absolute atomic E-state index is 13.3.